The second-order valence-corrected chi connectivity index (χ2v) is 4.54. The van der Waals surface area contributed by atoms with E-state index in [9.17, 15) is 0 Å². The maximum atomic E-state index is 5.84. The van der Waals surface area contributed by atoms with Gasteiger partial charge in [-0.15, -0.1) is 0 Å². The van der Waals surface area contributed by atoms with E-state index in [-0.39, 0.29) is 0 Å². The summed E-state index contributed by atoms with van der Waals surface area (Å²) in [7, 11) is 0. The van der Waals surface area contributed by atoms with Gasteiger partial charge in [-0.1, -0.05) is 12.1 Å². The Morgan fingerprint density at radius 2 is 1.68 bits per heavy atom. The molecule has 0 spiro atoms. The second-order valence-electron chi connectivity index (χ2n) is 4.54. The third-order valence-corrected chi connectivity index (χ3v) is 3.37. The maximum Gasteiger partial charge on any atom is 0.153 e. The molecule has 4 rings (SSSR count). The number of nitrogens with zero attached hydrogens (tertiary/aromatic N) is 2. The van der Waals surface area contributed by atoms with Crippen molar-refractivity contribution in [1.29, 1.82) is 0 Å². The lowest BCUT2D eigenvalue weighted by Crippen LogP contribution is -1.84. The molecule has 4 N–H and O–H groups in total. The molecule has 0 saturated carbocycles. The average Bonchev–Trinajstić information content (AvgIpc) is 3.05. The number of H-pyrrole nitrogens is 2. The predicted octanol–water partition coefficient (Wildman–Crippen LogP) is 2.69. The summed E-state index contributed by atoms with van der Waals surface area (Å²) in [6.07, 6.45) is 1.82. The molecular formula is C14H11N5. The van der Waals surface area contributed by atoms with Crippen LogP contribution in [0, 0.1) is 0 Å². The first-order chi connectivity index (χ1) is 9.31. The molecule has 0 fully saturated rings. The van der Waals surface area contributed by atoms with Gasteiger partial charge in [-0.05, 0) is 35.4 Å². The molecule has 0 aliphatic rings. The molecule has 0 saturated heterocycles. The first-order valence-corrected chi connectivity index (χ1v) is 5.98. The fourth-order valence-electron chi connectivity index (χ4n) is 2.34. The van der Waals surface area contributed by atoms with Crippen molar-refractivity contribution in [2.45, 2.75) is 0 Å². The Labute approximate surface area is 108 Å². The molecule has 0 amide bonds. The number of nitrogen functional groups attached to an aromatic ring is 1. The van der Waals surface area contributed by atoms with E-state index < -0.39 is 0 Å². The molecule has 0 radical (unpaired) electrons. The van der Waals surface area contributed by atoms with Crippen molar-refractivity contribution in [2.75, 3.05) is 5.73 Å². The minimum Gasteiger partial charge on any atom is -0.382 e. The summed E-state index contributed by atoms with van der Waals surface area (Å²) in [5.41, 5.74) is 10.1. The number of benzene rings is 2. The van der Waals surface area contributed by atoms with Crippen LogP contribution in [0.3, 0.4) is 0 Å². The number of fused-ring (bicyclic) bond motifs is 2. The van der Waals surface area contributed by atoms with Gasteiger partial charge in [0.2, 0.25) is 0 Å². The first-order valence-electron chi connectivity index (χ1n) is 5.98. The van der Waals surface area contributed by atoms with E-state index in [0.717, 1.165) is 32.9 Å². The molecule has 2 heterocycles. The van der Waals surface area contributed by atoms with E-state index in [0.29, 0.717) is 5.82 Å². The molecule has 2 aromatic carbocycles. The van der Waals surface area contributed by atoms with Gasteiger partial charge in [-0.25, -0.2) is 0 Å². The number of aromatic amines is 2. The molecular weight excluding hydrogens is 238 g/mol. The van der Waals surface area contributed by atoms with Crippen LogP contribution in [0.1, 0.15) is 0 Å². The molecule has 5 nitrogen and oxygen atoms in total. The van der Waals surface area contributed by atoms with Gasteiger partial charge in [0.25, 0.3) is 0 Å². The van der Waals surface area contributed by atoms with Gasteiger partial charge in [0.15, 0.2) is 5.82 Å². The summed E-state index contributed by atoms with van der Waals surface area (Å²) < 4.78 is 0. The SMILES string of the molecule is Nc1n[nH]c2ccc(-c3ccc4[nH]ncc4c3)cc12. The topological polar surface area (TPSA) is 83.4 Å². The minimum atomic E-state index is 0.529. The zero-order valence-electron chi connectivity index (χ0n) is 10.0. The van der Waals surface area contributed by atoms with Gasteiger partial charge in [-0.3, -0.25) is 10.2 Å². The quantitative estimate of drug-likeness (QED) is 0.485. The van der Waals surface area contributed by atoms with Crippen LogP contribution in [-0.2, 0) is 0 Å². The Hall–Kier alpha value is -2.82. The Morgan fingerprint density at radius 3 is 2.58 bits per heavy atom. The molecule has 2 aromatic heterocycles. The van der Waals surface area contributed by atoms with Gasteiger partial charge < -0.3 is 5.73 Å². The van der Waals surface area contributed by atoms with Crippen LogP contribution >= 0.6 is 0 Å². The van der Waals surface area contributed by atoms with Gasteiger partial charge >= 0.3 is 0 Å². The number of hydrogen-bond donors (Lipinski definition) is 3. The van der Waals surface area contributed by atoms with E-state index in [2.05, 4.69) is 44.7 Å². The van der Waals surface area contributed by atoms with Crippen LogP contribution in [0.5, 0.6) is 0 Å². The summed E-state index contributed by atoms with van der Waals surface area (Å²) in [5, 5.41) is 15.9. The summed E-state index contributed by atoms with van der Waals surface area (Å²) in [4.78, 5) is 0. The molecule has 5 heteroatoms. The third-order valence-electron chi connectivity index (χ3n) is 3.37. The number of nitrogens with one attached hydrogen (secondary N) is 2. The van der Waals surface area contributed by atoms with Crippen LogP contribution in [-0.4, -0.2) is 20.4 Å². The van der Waals surface area contributed by atoms with E-state index in [1.165, 1.54) is 0 Å². The Balaban J connectivity index is 1.94. The van der Waals surface area contributed by atoms with Gasteiger partial charge in [-0.2, -0.15) is 10.2 Å². The second kappa shape index (κ2) is 3.58. The van der Waals surface area contributed by atoms with Crippen molar-refractivity contribution in [3.63, 3.8) is 0 Å². The normalized spacial score (nSPS) is 11.4. The predicted molar refractivity (Wildman–Crippen MR) is 75.6 cm³/mol. The summed E-state index contributed by atoms with van der Waals surface area (Å²) in [6, 6.07) is 12.3. The van der Waals surface area contributed by atoms with E-state index in [1.54, 1.807) is 0 Å². The van der Waals surface area contributed by atoms with Crippen LogP contribution in [0.2, 0.25) is 0 Å². The van der Waals surface area contributed by atoms with Crippen LogP contribution in [0.4, 0.5) is 5.82 Å². The van der Waals surface area contributed by atoms with E-state index in [1.807, 2.05) is 18.3 Å². The van der Waals surface area contributed by atoms with Gasteiger partial charge in [0.05, 0.1) is 17.2 Å². The molecule has 0 unspecified atom stereocenters. The zero-order chi connectivity index (χ0) is 12.8. The fourth-order valence-corrected chi connectivity index (χ4v) is 2.34. The largest absolute Gasteiger partial charge is 0.382 e. The highest BCUT2D eigenvalue weighted by Crippen LogP contribution is 2.28. The number of anilines is 1. The van der Waals surface area contributed by atoms with Crippen molar-refractivity contribution in [3.8, 4) is 11.1 Å². The van der Waals surface area contributed by atoms with Crippen molar-refractivity contribution in [3.05, 3.63) is 42.6 Å². The molecule has 0 atom stereocenters. The van der Waals surface area contributed by atoms with E-state index >= 15 is 0 Å². The zero-order valence-corrected chi connectivity index (χ0v) is 10.0. The lowest BCUT2D eigenvalue weighted by molar-refractivity contribution is 1.12. The minimum absolute atomic E-state index is 0.529. The lowest BCUT2D eigenvalue weighted by Gasteiger charge is -2.02. The third kappa shape index (κ3) is 1.48. The number of rotatable bonds is 1. The number of hydrogen-bond acceptors (Lipinski definition) is 3. The van der Waals surface area contributed by atoms with Crippen molar-refractivity contribution >= 4 is 27.6 Å². The summed E-state index contributed by atoms with van der Waals surface area (Å²) >= 11 is 0. The molecule has 0 aliphatic heterocycles. The van der Waals surface area contributed by atoms with Crippen molar-refractivity contribution in [1.82, 2.24) is 20.4 Å². The Morgan fingerprint density at radius 1 is 0.895 bits per heavy atom. The molecule has 0 aliphatic carbocycles. The molecule has 19 heavy (non-hydrogen) atoms. The monoisotopic (exact) mass is 249 g/mol. The van der Waals surface area contributed by atoms with Crippen LogP contribution in [0.25, 0.3) is 32.9 Å². The van der Waals surface area contributed by atoms with Crippen molar-refractivity contribution in [2.24, 2.45) is 0 Å². The van der Waals surface area contributed by atoms with Crippen LogP contribution < -0.4 is 5.73 Å². The van der Waals surface area contributed by atoms with Gasteiger partial charge in [0.1, 0.15) is 0 Å². The number of aromatic nitrogens is 4. The Kier molecular flexibility index (Phi) is 1.91. The van der Waals surface area contributed by atoms with Gasteiger partial charge in [0, 0.05) is 10.8 Å². The smallest absolute Gasteiger partial charge is 0.153 e. The molecule has 4 aromatic rings. The molecule has 92 valence electrons. The highest BCUT2D eigenvalue weighted by molar-refractivity contribution is 5.93. The Bertz CT molecular complexity index is 887. The molecule has 0 bridgehead atoms. The lowest BCUT2D eigenvalue weighted by atomic mass is 10.0. The summed E-state index contributed by atoms with van der Waals surface area (Å²) in [5.74, 6) is 0.529. The average molecular weight is 249 g/mol. The standard InChI is InChI=1S/C14H11N5/c15-14-11-6-9(2-4-13(11)18-19-14)8-1-3-12-10(5-8)7-16-17-12/h1-7H,(H,16,17)(H3,15,18,19). The first kappa shape index (κ1) is 10.1. The van der Waals surface area contributed by atoms with Crippen molar-refractivity contribution < 1.29 is 0 Å². The highest BCUT2D eigenvalue weighted by Gasteiger charge is 2.05. The maximum absolute atomic E-state index is 5.84. The van der Waals surface area contributed by atoms with E-state index in [4.69, 9.17) is 5.73 Å². The van der Waals surface area contributed by atoms with Crippen LogP contribution in [0.15, 0.2) is 42.6 Å². The summed E-state index contributed by atoms with van der Waals surface area (Å²) in [6.45, 7) is 0. The highest BCUT2D eigenvalue weighted by atomic mass is 15.1. The number of nitrogens with two attached hydrogens (primary N) is 1. The fraction of sp³-hybridized carbons (Fsp3) is 0.